The lowest BCUT2D eigenvalue weighted by atomic mass is 9.95. The number of hydrogen-bond acceptors (Lipinski definition) is 7. The Kier molecular flexibility index (Phi) is 9.89. The number of hydrazine groups is 1. The third-order valence-corrected chi connectivity index (χ3v) is 7.64. The molecule has 0 spiro atoms. The Morgan fingerprint density at radius 2 is 1.89 bits per heavy atom. The Morgan fingerprint density at radius 1 is 1.18 bits per heavy atom. The number of ether oxygens (including phenoxy) is 1. The molecule has 1 heterocycles. The van der Waals surface area contributed by atoms with Crippen LogP contribution < -0.4 is 21.9 Å². The molecule has 9 nitrogen and oxygen atoms in total. The summed E-state index contributed by atoms with van der Waals surface area (Å²) in [6.07, 6.45) is -2.83. The van der Waals surface area contributed by atoms with Gasteiger partial charge in [0.15, 0.2) is 10.6 Å². The van der Waals surface area contributed by atoms with E-state index < -0.39 is 42.1 Å². The number of nitrogens with zero attached hydrogens (tertiary/aromatic N) is 3. The smallest absolute Gasteiger partial charge is 0.573 e. The van der Waals surface area contributed by atoms with Gasteiger partial charge in [0.2, 0.25) is 0 Å². The zero-order valence-electron chi connectivity index (χ0n) is 23.8. The fraction of sp³-hybridized carbons (Fsp3) is 0.241. The number of carbonyl (C=O) groups is 1. The highest BCUT2D eigenvalue weighted by Gasteiger charge is 2.33. The highest BCUT2D eigenvalue weighted by molar-refractivity contribution is 7.90. The molecule has 2 unspecified atom stereocenters. The first kappa shape index (κ1) is 33.5. The molecule has 1 aliphatic carbocycles. The largest absolute Gasteiger partial charge is 0.612 e. The Labute approximate surface area is 257 Å². The quantitative estimate of drug-likeness (QED) is 0.124. The molecule has 4 rings (SSSR count). The normalized spacial score (nSPS) is 16.3. The molecule has 1 aliphatic rings. The molecule has 1 aromatic heterocycles. The van der Waals surface area contributed by atoms with Gasteiger partial charge in [0.1, 0.15) is 18.6 Å². The van der Waals surface area contributed by atoms with Crippen molar-refractivity contribution < 1.29 is 40.4 Å². The van der Waals surface area contributed by atoms with E-state index in [1.165, 1.54) is 47.4 Å². The van der Waals surface area contributed by atoms with Gasteiger partial charge in [-0.2, -0.15) is 18.3 Å². The van der Waals surface area contributed by atoms with Gasteiger partial charge in [-0.15, -0.1) is 13.2 Å². The highest BCUT2D eigenvalue weighted by Crippen LogP contribution is 2.38. The maximum absolute atomic E-state index is 12.7. The number of allylic oxidation sites excluding steroid dienone is 3. The summed E-state index contributed by atoms with van der Waals surface area (Å²) in [5, 5.41) is 7.09. The highest BCUT2D eigenvalue weighted by atomic mass is 32.2. The molecule has 2 aromatic carbocycles. The Balaban J connectivity index is 1.76. The van der Waals surface area contributed by atoms with Crippen molar-refractivity contribution in [1.82, 2.24) is 15.1 Å². The molecule has 0 fully saturated rings. The first-order chi connectivity index (χ1) is 21.1. The van der Waals surface area contributed by atoms with Crippen LogP contribution in [0.15, 0.2) is 89.3 Å². The van der Waals surface area contributed by atoms with Gasteiger partial charge in [-0.3, -0.25) is 14.5 Å². The number of carbonyl (C=O) groups excluding carboxylic acids is 1. The van der Waals surface area contributed by atoms with Crippen molar-refractivity contribution in [3.8, 4) is 22.4 Å². The number of amides is 1. The SMILES string of the molecule is Cn1nc(C(=O)NCC(F)(F)F)cc1-c1ccc(-c2cccc([S+](C)[O-])c2)cc1N(N)/C(=C\N)C1C=CC(OC(F)(F)F)=CC1. The van der Waals surface area contributed by atoms with Gasteiger partial charge in [0.25, 0.3) is 5.91 Å². The van der Waals surface area contributed by atoms with Gasteiger partial charge in [-0.1, -0.05) is 30.3 Å². The number of aromatic nitrogens is 2. The fourth-order valence-electron chi connectivity index (χ4n) is 4.63. The predicted octanol–water partition coefficient (Wildman–Crippen LogP) is 5.26. The zero-order chi connectivity index (χ0) is 33.1. The van der Waals surface area contributed by atoms with E-state index >= 15 is 0 Å². The van der Waals surface area contributed by atoms with Gasteiger partial charge in [-0.05, 0) is 59.1 Å². The number of aryl methyl sites for hydroxylation is 1. The maximum atomic E-state index is 12.7. The first-order valence-electron chi connectivity index (χ1n) is 13.1. The molecule has 5 N–H and O–H groups in total. The van der Waals surface area contributed by atoms with E-state index in [1.54, 1.807) is 47.8 Å². The molecule has 0 bridgehead atoms. The number of nitrogens with two attached hydrogens (primary N) is 2. The van der Waals surface area contributed by atoms with Crippen LogP contribution in [0.1, 0.15) is 16.9 Å². The van der Waals surface area contributed by atoms with E-state index in [0.29, 0.717) is 38.7 Å². The Bertz CT molecular complexity index is 1650. The molecule has 240 valence electrons. The van der Waals surface area contributed by atoms with Crippen molar-refractivity contribution in [2.75, 3.05) is 17.8 Å². The molecule has 0 radical (unpaired) electrons. The van der Waals surface area contributed by atoms with Crippen molar-refractivity contribution in [3.05, 3.63) is 90.1 Å². The van der Waals surface area contributed by atoms with Gasteiger partial charge in [0, 0.05) is 30.8 Å². The average Bonchev–Trinajstić information content (AvgIpc) is 3.37. The van der Waals surface area contributed by atoms with Gasteiger partial charge >= 0.3 is 12.5 Å². The molecular weight excluding hydrogens is 626 g/mol. The second-order valence-corrected chi connectivity index (χ2v) is 11.2. The predicted molar refractivity (Wildman–Crippen MR) is 156 cm³/mol. The number of benzene rings is 2. The molecule has 16 heteroatoms. The van der Waals surface area contributed by atoms with Crippen molar-refractivity contribution in [1.29, 1.82) is 0 Å². The lowest BCUT2D eigenvalue weighted by Gasteiger charge is -2.30. The molecule has 2 atom stereocenters. The van der Waals surface area contributed by atoms with E-state index in [9.17, 15) is 35.7 Å². The minimum Gasteiger partial charge on any atom is -0.612 e. The van der Waals surface area contributed by atoms with Crippen LogP contribution in [-0.4, -0.2) is 45.6 Å². The molecule has 45 heavy (non-hydrogen) atoms. The second-order valence-electron chi connectivity index (χ2n) is 9.87. The number of rotatable bonds is 9. The van der Waals surface area contributed by atoms with E-state index in [2.05, 4.69) is 9.84 Å². The van der Waals surface area contributed by atoms with Crippen molar-refractivity contribution >= 4 is 22.8 Å². The summed E-state index contributed by atoms with van der Waals surface area (Å²) in [6, 6.07) is 13.4. The molecular formula is C29H28F6N6O3S. The molecule has 3 aromatic rings. The van der Waals surface area contributed by atoms with Crippen LogP contribution >= 0.6 is 0 Å². The summed E-state index contributed by atoms with van der Waals surface area (Å²) in [6.45, 7) is -1.54. The van der Waals surface area contributed by atoms with Crippen LogP contribution in [0.4, 0.5) is 32.0 Å². The zero-order valence-corrected chi connectivity index (χ0v) is 24.6. The lowest BCUT2D eigenvalue weighted by Crippen LogP contribution is -2.35. The fourth-order valence-corrected chi connectivity index (χ4v) is 5.20. The molecule has 1 amide bonds. The Morgan fingerprint density at radius 3 is 2.49 bits per heavy atom. The number of nitrogens with one attached hydrogen (secondary N) is 1. The minimum atomic E-state index is -4.86. The summed E-state index contributed by atoms with van der Waals surface area (Å²) in [4.78, 5) is 13.0. The first-order valence-corrected chi connectivity index (χ1v) is 14.7. The molecule has 0 aliphatic heterocycles. The lowest BCUT2D eigenvalue weighted by molar-refractivity contribution is -0.303. The molecule has 0 saturated carbocycles. The van der Waals surface area contributed by atoms with Gasteiger partial charge < -0.3 is 20.3 Å². The third kappa shape index (κ3) is 8.40. The van der Waals surface area contributed by atoms with E-state index in [-0.39, 0.29) is 17.9 Å². The third-order valence-electron chi connectivity index (χ3n) is 6.72. The second kappa shape index (κ2) is 13.3. The summed E-state index contributed by atoms with van der Waals surface area (Å²) < 4.78 is 93.5. The van der Waals surface area contributed by atoms with E-state index in [4.69, 9.17) is 11.6 Å². The van der Waals surface area contributed by atoms with E-state index in [1.807, 2.05) is 0 Å². The number of hydrogen-bond donors (Lipinski definition) is 3. The number of anilines is 1. The molecule has 0 saturated heterocycles. The van der Waals surface area contributed by atoms with Crippen LogP contribution in [0.25, 0.3) is 22.4 Å². The summed E-state index contributed by atoms with van der Waals surface area (Å²) in [5.41, 5.74) is 8.33. The van der Waals surface area contributed by atoms with Crippen molar-refractivity contribution in [2.24, 2.45) is 24.5 Å². The van der Waals surface area contributed by atoms with Crippen LogP contribution in [-0.2, 0) is 23.0 Å². The van der Waals surface area contributed by atoms with Gasteiger partial charge in [-0.25, -0.2) is 5.84 Å². The van der Waals surface area contributed by atoms with Gasteiger partial charge in [0.05, 0.1) is 17.1 Å². The van der Waals surface area contributed by atoms with E-state index in [0.717, 1.165) is 6.08 Å². The minimum absolute atomic E-state index is 0.0628. The van der Waals surface area contributed by atoms with Crippen LogP contribution in [0.2, 0.25) is 0 Å². The van der Waals surface area contributed by atoms with Crippen molar-refractivity contribution in [2.45, 2.75) is 23.9 Å². The number of alkyl halides is 6. The summed E-state index contributed by atoms with van der Waals surface area (Å²) in [5.74, 6) is 4.63. The summed E-state index contributed by atoms with van der Waals surface area (Å²) >= 11 is -1.27. The van der Waals surface area contributed by atoms with Crippen LogP contribution in [0, 0.1) is 5.92 Å². The maximum Gasteiger partial charge on any atom is 0.573 e. The topological polar surface area (TPSA) is 134 Å². The van der Waals surface area contributed by atoms with Crippen LogP contribution in [0.5, 0.6) is 0 Å². The Hall–Kier alpha value is -4.41. The standard InChI is InChI=1S/C29H28F6N6O3S/c1-40-24(14-23(39-40)27(42)38-16-28(30,31)32)22-11-8-19(18-4-3-5-21(12-18)45(2)43)13-25(22)41(37)26(15-36)17-6-9-20(10-7-17)44-29(33,34)35/h3-6,8-15,17H,7,16,36-37H2,1-2H3,(H,38,42)/b26-15-. The monoisotopic (exact) mass is 654 g/mol. The number of halogens is 6. The average molecular weight is 655 g/mol. The van der Waals surface area contributed by atoms with Crippen LogP contribution in [0.3, 0.4) is 0 Å². The summed E-state index contributed by atoms with van der Waals surface area (Å²) in [7, 11) is 1.49. The van der Waals surface area contributed by atoms with Crippen molar-refractivity contribution in [3.63, 3.8) is 0 Å².